The summed E-state index contributed by atoms with van der Waals surface area (Å²) in [5.74, 6) is -0.562. The maximum Gasteiger partial charge on any atom is 0.303 e. The first-order valence-corrected chi connectivity index (χ1v) is 7.16. The van der Waals surface area contributed by atoms with Gasteiger partial charge < -0.3 is 10.4 Å². The monoisotopic (exact) mass is 289 g/mol. The maximum absolute atomic E-state index is 12.5. The van der Waals surface area contributed by atoms with Gasteiger partial charge >= 0.3 is 5.97 Å². The van der Waals surface area contributed by atoms with Crippen LogP contribution in [-0.2, 0) is 4.79 Å². The largest absolute Gasteiger partial charge is 0.481 e. The molecule has 4 heteroatoms. The summed E-state index contributed by atoms with van der Waals surface area (Å²) in [6.45, 7) is 8.26. The summed E-state index contributed by atoms with van der Waals surface area (Å²) in [4.78, 5) is 23.2. The van der Waals surface area contributed by atoms with E-state index < -0.39 is 12.0 Å². The molecule has 0 fully saturated rings. The molecule has 0 amide bonds. The Bertz CT molecular complexity index is 491. The van der Waals surface area contributed by atoms with Crippen LogP contribution in [0, 0.1) is 0 Å². The van der Waals surface area contributed by atoms with E-state index in [-0.39, 0.29) is 18.6 Å². The number of hydrogen-bond acceptors (Lipinski definition) is 3. The lowest BCUT2D eigenvalue weighted by atomic mass is 9.96. The van der Waals surface area contributed by atoms with Crippen LogP contribution in [0.25, 0.3) is 0 Å². The molecule has 21 heavy (non-hydrogen) atoms. The molecule has 1 aromatic rings. The number of carboxylic acids is 1. The maximum atomic E-state index is 12.5. The van der Waals surface area contributed by atoms with Crippen molar-refractivity contribution in [2.45, 2.75) is 38.6 Å². The molecular formula is C17H23NO3. The van der Waals surface area contributed by atoms with Crippen LogP contribution in [0.5, 0.6) is 0 Å². The number of benzene rings is 1. The molecule has 0 bridgehead atoms. The van der Waals surface area contributed by atoms with Gasteiger partial charge in [0.25, 0.3) is 0 Å². The van der Waals surface area contributed by atoms with Gasteiger partial charge in [0.15, 0.2) is 5.78 Å². The fraction of sp³-hybridized carbons (Fsp3) is 0.412. The number of hydrogen-bond donors (Lipinski definition) is 2. The molecule has 0 aromatic heterocycles. The molecule has 4 nitrogen and oxygen atoms in total. The second kappa shape index (κ2) is 8.37. The molecule has 0 aliphatic rings. The number of carbonyl (C=O) groups excluding carboxylic acids is 1. The van der Waals surface area contributed by atoms with Crippen molar-refractivity contribution in [3.63, 3.8) is 0 Å². The van der Waals surface area contributed by atoms with E-state index in [0.29, 0.717) is 18.0 Å². The molecule has 0 aliphatic carbocycles. The van der Waals surface area contributed by atoms with E-state index in [0.717, 1.165) is 0 Å². The van der Waals surface area contributed by atoms with Gasteiger partial charge in [-0.3, -0.25) is 9.59 Å². The highest BCUT2D eigenvalue weighted by atomic mass is 16.4. The van der Waals surface area contributed by atoms with Crippen molar-refractivity contribution < 1.29 is 14.7 Å². The highest BCUT2D eigenvalue weighted by molar-refractivity contribution is 6.00. The number of carbonyl (C=O) groups is 2. The van der Waals surface area contributed by atoms with Crippen molar-refractivity contribution in [3.8, 4) is 0 Å². The highest BCUT2D eigenvalue weighted by Crippen LogP contribution is 2.16. The zero-order valence-corrected chi connectivity index (χ0v) is 12.6. The lowest BCUT2D eigenvalue weighted by Gasteiger charge is -2.16. The quantitative estimate of drug-likeness (QED) is 0.542. The summed E-state index contributed by atoms with van der Waals surface area (Å²) < 4.78 is 0. The Balaban J connectivity index is 2.82. The average molecular weight is 289 g/mol. The Hall–Kier alpha value is -1.94. The summed E-state index contributed by atoms with van der Waals surface area (Å²) in [7, 11) is 0. The Morgan fingerprint density at radius 2 is 1.90 bits per heavy atom. The number of rotatable bonds is 9. The normalized spacial score (nSPS) is 12.1. The van der Waals surface area contributed by atoms with E-state index in [1.54, 1.807) is 18.2 Å². The van der Waals surface area contributed by atoms with Crippen molar-refractivity contribution in [3.05, 3.63) is 48.0 Å². The average Bonchev–Trinajstić information content (AvgIpc) is 2.46. The van der Waals surface area contributed by atoms with Crippen molar-refractivity contribution in [1.29, 1.82) is 0 Å². The number of nitrogens with one attached hydrogen (secondary N) is 1. The fourth-order valence-electron chi connectivity index (χ4n) is 2.05. The van der Waals surface area contributed by atoms with Crippen LogP contribution in [0.1, 0.15) is 48.5 Å². The van der Waals surface area contributed by atoms with Crippen LogP contribution in [-0.4, -0.2) is 29.4 Å². The first kappa shape index (κ1) is 17.1. The van der Waals surface area contributed by atoms with Gasteiger partial charge in [0.2, 0.25) is 0 Å². The van der Waals surface area contributed by atoms with Crippen LogP contribution in [0.4, 0.5) is 0 Å². The van der Waals surface area contributed by atoms with Gasteiger partial charge in [0.1, 0.15) is 0 Å². The molecule has 0 saturated heterocycles. The Morgan fingerprint density at radius 1 is 1.29 bits per heavy atom. The Labute approximate surface area is 125 Å². The molecule has 1 aromatic carbocycles. The minimum absolute atomic E-state index is 0.0371. The molecule has 0 spiro atoms. The molecule has 0 aliphatic heterocycles. The molecule has 114 valence electrons. The van der Waals surface area contributed by atoms with Crippen LogP contribution >= 0.6 is 0 Å². The SMILES string of the molecule is C=CCNC(CCC(=O)O)C(=O)c1ccc(C(C)C)cc1. The molecule has 2 N–H and O–H groups in total. The van der Waals surface area contributed by atoms with E-state index in [1.165, 1.54) is 5.56 Å². The van der Waals surface area contributed by atoms with Crippen LogP contribution in [0.15, 0.2) is 36.9 Å². The predicted molar refractivity (Wildman–Crippen MR) is 83.7 cm³/mol. The summed E-state index contributed by atoms with van der Waals surface area (Å²) in [5.41, 5.74) is 1.78. The van der Waals surface area contributed by atoms with Crippen molar-refractivity contribution in [1.82, 2.24) is 5.32 Å². The van der Waals surface area contributed by atoms with Crippen molar-refractivity contribution >= 4 is 11.8 Å². The summed E-state index contributed by atoms with van der Waals surface area (Å²) >= 11 is 0. The summed E-state index contributed by atoms with van der Waals surface area (Å²) in [5, 5.41) is 11.8. The molecule has 0 saturated carbocycles. The van der Waals surface area contributed by atoms with Gasteiger partial charge in [-0.05, 0) is 17.9 Å². The first-order valence-electron chi connectivity index (χ1n) is 7.16. The third kappa shape index (κ3) is 5.52. The standard InChI is InChI=1S/C17H23NO3/c1-4-11-18-15(9-10-16(19)20)17(21)14-7-5-13(6-8-14)12(2)3/h4-8,12,15,18H,1,9-11H2,2-3H3,(H,19,20). The first-order chi connectivity index (χ1) is 9.95. The van der Waals surface area contributed by atoms with E-state index >= 15 is 0 Å². The van der Waals surface area contributed by atoms with Gasteiger partial charge in [-0.1, -0.05) is 44.2 Å². The second-order valence-electron chi connectivity index (χ2n) is 5.32. The third-order valence-corrected chi connectivity index (χ3v) is 3.33. The minimum atomic E-state index is -0.900. The van der Waals surface area contributed by atoms with Gasteiger partial charge in [-0.15, -0.1) is 6.58 Å². The Morgan fingerprint density at radius 3 is 2.38 bits per heavy atom. The van der Waals surface area contributed by atoms with Crippen LogP contribution in [0.3, 0.4) is 0 Å². The fourth-order valence-corrected chi connectivity index (χ4v) is 2.05. The van der Waals surface area contributed by atoms with Gasteiger partial charge in [0.05, 0.1) is 6.04 Å². The number of aliphatic carboxylic acids is 1. The number of carboxylic acid groups (broad SMARTS) is 1. The molecule has 0 heterocycles. The predicted octanol–water partition coefficient (Wildman–Crippen LogP) is 3.00. The van der Waals surface area contributed by atoms with E-state index in [2.05, 4.69) is 25.7 Å². The lowest BCUT2D eigenvalue weighted by molar-refractivity contribution is -0.137. The molecule has 1 atom stereocenters. The van der Waals surface area contributed by atoms with Gasteiger partial charge in [-0.25, -0.2) is 0 Å². The van der Waals surface area contributed by atoms with Gasteiger partial charge in [-0.2, -0.15) is 0 Å². The van der Waals surface area contributed by atoms with E-state index in [4.69, 9.17) is 5.11 Å². The van der Waals surface area contributed by atoms with E-state index in [9.17, 15) is 9.59 Å². The zero-order chi connectivity index (χ0) is 15.8. The topological polar surface area (TPSA) is 66.4 Å². The number of Topliss-reactive ketones (excluding diaryl/α,β-unsaturated/α-hetero) is 1. The molecule has 1 unspecified atom stereocenters. The Kier molecular flexibility index (Phi) is 6.82. The minimum Gasteiger partial charge on any atom is -0.481 e. The van der Waals surface area contributed by atoms with Crippen molar-refractivity contribution in [2.24, 2.45) is 0 Å². The van der Waals surface area contributed by atoms with Crippen LogP contribution in [0.2, 0.25) is 0 Å². The van der Waals surface area contributed by atoms with Crippen molar-refractivity contribution in [2.75, 3.05) is 6.54 Å². The second-order valence-corrected chi connectivity index (χ2v) is 5.32. The smallest absolute Gasteiger partial charge is 0.303 e. The van der Waals surface area contributed by atoms with Gasteiger partial charge in [0, 0.05) is 18.5 Å². The van der Waals surface area contributed by atoms with Crippen LogP contribution < -0.4 is 5.32 Å². The molecular weight excluding hydrogens is 266 g/mol. The molecule has 0 radical (unpaired) electrons. The number of ketones is 1. The summed E-state index contributed by atoms with van der Waals surface area (Å²) in [6, 6.07) is 7.01. The highest BCUT2D eigenvalue weighted by Gasteiger charge is 2.20. The zero-order valence-electron chi connectivity index (χ0n) is 12.6. The lowest BCUT2D eigenvalue weighted by Crippen LogP contribution is -2.37. The third-order valence-electron chi connectivity index (χ3n) is 3.33. The summed E-state index contributed by atoms with van der Waals surface area (Å²) in [6.07, 6.45) is 1.89. The molecule has 1 rings (SSSR count). The van der Waals surface area contributed by atoms with E-state index in [1.807, 2.05) is 12.1 Å².